The lowest BCUT2D eigenvalue weighted by molar-refractivity contribution is 0.0861. The van der Waals surface area contributed by atoms with Crippen molar-refractivity contribution in [1.82, 2.24) is 9.78 Å². The Morgan fingerprint density at radius 3 is 2.79 bits per heavy atom. The van der Waals surface area contributed by atoms with Crippen molar-refractivity contribution in [3.63, 3.8) is 0 Å². The van der Waals surface area contributed by atoms with Crippen LogP contribution < -0.4 is 11.1 Å². The third-order valence-electron chi connectivity index (χ3n) is 4.33. The molecule has 24 heavy (non-hydrogen) atoms. The molecule has 3 rings (SSSR count). The first kappa shape index (κ1) is 16.0. The summed E-state index contributed by atoms with van der Waals surface area (Å²) in [5.74, 6) is -0.556. The summed E-state index contributed by atoms with van der Waals surface area (Å²) in [5, 5.41) is 26.6. The molecule has 1 fully saturated rings. The molecule has 0 aliphatic heterocycles. The van der Waals surface area contributed by atoms with E-state index >= 15 is 0 Å². The predicted octanol–water partition coefficient (Wildman–Crippen LogP) is 1.95. The summed E-state index contributed by atoms with van der Waals surface area (Å²) >= 11 is 0. The summed E-state index contributed by atoms with van der Waals surface area (Å²) in [7, 11) is 0. The van der Waals surface area contributed by atoms with Crippen molar-refractivity contribution in [2.45, 2.75) is 31.4 Å². The quantitative estimate of drug-likeness (QED) is 0.794. The normalized spacial score (nSPS) is 23.4. The zero-order valence-corrected chi connectivity index (χ0v) is 13.1. The van der Waals surface area contributed by atoms with Gasteiger partial charge in [-0.1, -0.05) is 18.2 Å². The minimum atomic E-state index is -0.580. The monoisotopic (exact) mass is 325 g/mol. The van der Waals surface area contributed by atoms with E-state index in [2.05, 4.69) is 16.5 Å². The van der Waals surface area contributed by atoms with Gasteiger partial charge in [0, 0.05) is 11.9 Å². The lowest BCUT2D eigenvalue weighted by atomic mass is 9.84. The smallest absolute Gasteiger partial charge is 0.254 e. The Bertz CT molecular complexity index is 765. The minimum absolute atomic E-state index is 0.178. The van der Waals surface area contributed by atoms with Gasteiger partial charge in [-0.05, 0) is 31.4 Å². The Labute approximate surface area is 139 Å². The number of hydrogen-bond donors (Lipinski definition) is 3. The summed E-state index contributed by atoms with van der Waals surface area (Å²) in [6.07, 6.45) is 2.77. The van der Waals surface area contributed by atoms with Crippen molar-refractivity contribution < 1.29 is 9.90 Å². The number of aromatic nitrogens is 2. The molecule has 4 N–H and O–H groups in total. The van der Waals surface area contributed by atoms with Crippen molar-refractivity contribution in [1.29, 1.82) is 5.26 Å². The molecule has 0 radical (unpaired) electrons. The number of anilines is 2. The fourth-order valence-electron chi connectivity index (χ4n) is 3.08. The van der Waals surface area contributed by atoms with Gasteiger partial charge < -0.3 is 16.2 Å². The Morgan fingerprint density at radius 2 is 2.12 bits per heavy atom. The zero-order valence-electron chi connectivity index (χ0n) is 13.1. The highest BCUT2D eigenvalue weighted by Crippen LogP contribution is 2.34. The van der Waals surface area contributed by atoms with Crippen LogP contribution >= 0.6 is 0 Å². The van der Waals surface area contributed by atoms with Crippen LogP contribution in [0.5, 0.6) is 0 Å². The standard InChI is InChI=1S/C17H19N5O2/c18-9-11-8-13(23)6-7-15(11)22-10-14(16(19)24)17(21-22)20-12-4-2-1-3-5-12/h1-5,10-11,13,15,23H,6-8H2,(H2,19,24)(H,20,21)/t11?,13-,15+/m1/s1. The minimum Gasteiger partial charge on any atom is -0.393 e. The molecule has 3 atom stereocenters. The number of amides is 1. The fraction of sp³-hybridized carbons (Fsp3) is 0.353. The molecule has 1 aliphatic carbocycles. The van der Waals surface area contributed by atoms with E-state index in [-0.39, 0.29) is 17.5 Å². The Morgan fingerprint density at radius 1 is 1.38 bits per heavy atom. The Balaban J connectivity index is 1.91. The van der Waals surface area contributed by atoms with Crippen molar-refractivity contribution in [2.24, 2.45) is 11.7 Å². The molecule has 1 saturated carbocycles. The first-order valence-corrected chi connectivity index (χ1v) is 7.87. The number of aliphatic hydroxyl groups excluding tert-OH is 1. The third kappa shape index (κ3) is 3.24. The van der Waals surface area contributed by atoms with E-state index in [4.69, 9.17) is 5.73 Å². The topological polar surface area (TPSA) is 117 Å². The largest absolute Gasteiger partial charge is 0.393 e. The number of benzene rings is 1. The van der Waals surface area contributed by atoms with Crippen molar-refractivity contribution >= 4 is 17.4 Å². The summed E-state index contributed by atoms with van der Waals surface area (Å²) in [5.41, 5.74) is 6.54. The van der Waals surface area contributed by atoms with E-state index in [0.29, 0.717) is 25.1 Å². The molecular weight excluding hydrogens is 306 g/mol. The Kier molecular flexibility index (Phi) is 4.49. The van der Waals surface area contributed by atoms with Crippen LogP contribution in [-0.4, -0.2) is 26.9 Å². The van der Waals surface area contributed by atoms with Crippen LogP contribution in [-0.2, 0) is 0 Å². The molecule has 1 aromatic heterocycles. The van der Waals surface area contributed by atoms with E-state index in [1.807, 2.05) is 30.3 Å². The van der Waals surface area contributed by atoms with Gasteiger partial charge in [0.05, 0.1) is 24.1 Å². The van der Waals surface area contributed by atoms with E-state index in [9.17, 15) is 15.2 Å². The molecule has 1 heterocycles. The van der Waals surface area contributed by atoms with Gasteiger partial charge in [0.2, 0.25) is 0 Å². The fourth-order valence-corrected chi connectivity index (χ4v) is 3.08. The van der Waals surface area contributed by atoms with Crippen molar-refractivity contribution in [3.8, 4) is 6.07 Å². The van der Waals surface area contributed by atoms with Crippen LogP contribution in [0.1, 0.15) is 35.7 Å². The van der Waals surface area contributed by atoms with Gasteiger partial charge in [0.15, 0.2) is 5.82 Å². The van der Waals surface area contributed by atoms with Crippen LogP contribution in [0.4, 0.5) is 11.5 Å². The van der Waals surface area contributed by atoms with Crippen LogP contribution in [0.3, 0.4) is 0 Å². The summed E-state index contributed by atoms with van der Waals surface area (Å²) < 4.78 is 1.63. The number of para-hydroxylation sites is 1. The average molecular weight is 325 g/mol. The molecule has 7 heteroatoms. The summed E-state index contributed by atoms with van der Waals surface area (Å²) in [6.45, 7) is 0. The van der Waals surface area contributed by atoms with Gasteiger partial charge in [-0.2, -0.15) is 10.4 Å². The number of nitrogens with zero attached hydrogens (tertiary/aromatic N) is 3. The summed E-state index contributed by atoms with van der Waals surface area (Å²) in [4.78, 5) is 11.7. The first-order chi connectivity index (χ1) is 11.6. The molecule has 1 amide bonds. The van der Waals surface area contributed by atoms with Crippen LogP contribution in [0.2, 0.25) is 0 Å². The highest BCUT2D eigenvalue weighted by atomic mass is 16.3. The molecule has 1 aromatic carbocycles. The molecule has 1 unspecified atom stereocenters. The predicted molar refractivity (Wildman–Crippen MR) is 88.5 cm³/mol. The number of carbonyl (C=O) groups is 1. The second kappa shape index (κ2) is 6.72. The van der Waals surface area contributed by atoms with Crippen molar-refractivity contribution in [2.75, 3.05) is 5.32 Å². The second-order valence-electron chi connectivity index (χ2n) is 6.00. The van der Waals surface area contributed by atoms with Gasteiger partial charge in [0.25, 0.3) is 5.91 Å². The van der Waals surface area contributed by atoms with E-state index in [1.54, 1.807) is 10.9 Å². The van der Waals surface area contributed by atoms with Gasteiger partial charge in [0.1, 0.15) is 5.56 Å². The van der Waals surface area contributed by atoms with Crippen molar-refractivity contribution in [3.05, 3.63) is 42.1 Å². The molecule has 2 aromatic rings. The van der Waals surface area contributed by atoms with Crippen LogP contribution in [0.15, 0.2) is 36.5 Å². The number of hydrogen-bond acceptors (Lipinski definition) is 5. The molecule has 1 aliphatic rings. The molecule has 0 saturated heterocycles. The number of primary amides is 1. The molecule has 7 nitrogen and oxygen atoms in total. The highest BCUT2D eigenvalue weighted by Gasteiger charge is 2.32. The van der Waals surface area contributed by atoms with E-state index in [1.165, 1.54) is 0 Å². The lowest BCUT2D eigenvalue weighted by Crippen LogP contribution is -2.29. The number of rotatable bonds is 4. The van der Waals surface area contributed by atoms with Gasteiger partial charge in [-0.3, -0.25) is 9.48 Å². The number of nitriles is 1. The zero-order chi connectivity index (χ0) is 17.1. The maximum atomic E-state index is 11.7. The summed E-state index contributed by atoms with van der Waals surface area (Å²) in [6, 6.07) is 11.4. The molecule has 124 valence electrons. The molecule has 0 spiro atoms. The molecule has 0 bridgehead atoms. The van der Waals surface area contributed by atoms with E-state index < -0.39 is 12.0 Å². The number of nitrogens with two attached hydrogens (primary N) is 1. The highest BCUT2D eigenvalue weighted by molar-refractivity contribution is 5.98. The maximum Gasteiger partial charge on any atom is 0.254 e. The second-order valence-corrected chi connectivity index (χ2v) is 6.00. The number of nitrogens with one attached hydrogen (secondary N) is 1. The van der Waals surface area contributed by atoms with Gasteiger partial charge >= 0.3 is 0 Å². The van der Waals surface area contributed by atoms with Crippen LogP contribution in [0, 0.1) is 17.2 Å². The van der Waals surface area contributed by atoms with Gasteiger partial charge in [-0.15, -0.1) is 0 Å². The maximum absolute atomic E-state index is 11.7. The average Bonchev–Trinajstić information content (AvgIpc) is 2.99. The SMILES string of the molecule is N#CC1C[C@H](O)CC[C@@H]1n1cc(C(N)=O)c(Nc2ccccc2)n1. The molecular formula is C17H19N5O2. The number of carbonyl (C=O) groups excluding carboxylic acids is 1. The first-order valence-electron chi connectivity index (χ1n) is 7.87. The van der Waals surface area contributed by atoms with Crippen LogP contribution in [0.25, 0.3) is 0 Å². The third-order valence-corrected chi connectivity index (χ3v) is 4.33. The Hall–Kier alpha value is -2.85. The van der Waals surface area contributed by atoms with E-state index in [0.717, 1.165) is 5.69 Å². The lowest BCUT2D eigenvalue weighted by Gasteiger charge is -2.30. The number of aliphatic hydroxyl groups is 1. The van der Waals surface area contributed by atoms with Gasteiger partial charge in [-0.25, -0.2) is 0 Å².